The molecule has 0 atom stereocenters. The number of likely N-dealkylation sites (N-methyl/N-ethyl adjacent to an activating group) is 1. The third-order valence-corrected chi connectivity index (χ3v) is 0.844. The van der Waals surface area contributed by atoms with E-state index in [1.807, 2.05) is 13.8 Å². The molecule has 64 valence electrons. The second-order valence-corrected chi connectivity index (χ2v) is 1.80. The van der Waals surface area contributed by atoms with Crippen LogP contribution in [0.1, 0.15) is 20.8 Å². The molecule has 3 heteroatoms. The van der Waals surface area contributed by atoms with Gasteiger partial charge in [-0.1, -0.05) is 20.4 Å². The van der Waals surface area contributed by atoms with Crippen LogP contribution in [0, 0.1) is 0 Å². The fourth-order valence-corrected chi connectivity index (χ4v) is 0.349. The molecule has 0 bridgehead atoms. The molecule has 0 heterocycles. The lowest BCUT2D eigenvalue weighted by molar-refractivity contribution is -0.133. The molecule has 0 fully saturated rings. The van der Waals surface area contributed by atoms with E-state index in [0.29, 0.717) is 12.0 Å². The van der Waals surface area contributed by atoms with Gasteiger partial charge in [-0.05, 0) is 6.92 Å². The average Bonchev–Trinajstić information content (AvgIpc) is 2.05. The molecular weight excluding hydrogens is 142 g/mol. The van der Waals surface area contributed by atoms with Crippen LogP contribution in [-0.4, -0.2) is 24.3 Å². The van der Waals surface area contributed by atoms with Gasteiger partial charge in [0.25, 0.3) is 5.91 Å². The zero-order chi connectivity index (χ0) is 9.44. The van der Waals surface area contributed by atoms with Gasteiger partial charge in [0.1, 0.15) is 0 Å². The third-order valence-electron chi connectivity index (χ3n) is 0.844. The lowest BCUT2D eigenvalue weighted by Gasteiger charge is -2.06. The van der Waals surface area contributed by atoms with Crippen LogP contribution < -0.4 is 0 Å². The summed E-state index contributed by atoms with van der Waals surface area (Å²) in [4.78, 5) is 21.5. The second-order valence-electron chi connectivity index (χ2n) is 1.80. The van der Waals surface area contributed by atoms with Crippen molar-refractivity contribution in [2.45, 2.75) is 20.8 Å². The highest BCUT2D eigenvalue weighted by molar-refractivity contribution is 5.97. The molecule has 0 aliphatic heterocycles. The van der Waals surface area contributed by atoms with Crippen molar-refractivity contribution in [3.05, 3.63) is 12.2 Å². The minimum absolute atomic E-state index is 0.343. The highest BCUT2D eigenvalue weighted by Gasteiger charge is 2.05. The number of carbonyl (C=O) groups excluding carboxylic acids is 2. The number of carbonyl (C=O) groups is 2. The maximum atomic E-state index is 10.7. The summed E-state index contributed by atoms with van der Waals surface area (Å²) in [7, 11) is 1.39. The molecule has 0 aliphatic rings. The normalized spacial score (nSPS) is 7.27. The summed E-state index contributed by atoms with van der Waals surface area (Å²) in [6, 6.07) is 0. The van der Waals surface area contributed by atoms with E-state index < -0.39 is 0 Å². The minimum atomic E-state index is -0.343. The van der Waals surface area contributed by atoms with Crippen molar-refractivity contribution in [3.63, 3.8) is 0 Å². The van der Waals surface area contributed by atoms with Crippen LogP contribution in [0.4, 0.5) is 0 Å². The number of nitrogens with zero attached hydrogens (tertiary/aromatic N) is 1. The second kappa shape index (κ2) is 6.99. The van der Waals surface area contributed by atoms with Crippen molar-refractivity contribution in [2.75, 3.05) is 7.05 Å². The highest BCUT2D eigenvalue weighted by atomic mass is 16.2. The van der Waals surface area contributed by atoms with Crippen LogP contribution in [0.3, 0.4) is 0 Å². The first-order valence-corrected chi connectivity index (χ1v) is 3.47. The van der Waals surface area contributed by atoms with Crippen molar-refractivity contribution in [3.8, 4) is 0 Å². The van der Waals surface area contributed by atoms with Gasteiger partial charge in [-0.2, -0.15) is 0 Å². The molecule has 11 heavy (non-hydrogen) atoms. The summed E-state index contributed by atoms with van der Waals surface area (Å²) in [5, 5.41) is 0. The average molecular weight is 157 g/mol. The molecular formula is C8H15NO2. The van der Waals surface area contributed by atoms with E-state index in [4.69, 9.17) is 0 Å². The molecule has 0 aromatic rings. The minimum Gasteiger partial charge on any atom is -0.285 e. The van der Waals surface area contributed by atoms with E-state index in [9.17, 15) is 9.59 Å². The van der Waals surface area contributed by atoms with Crippen molar-refractivity contribution >= 4 is 12.3 Å². The fraction of sp³-hybridized carbons (Fsp3) is 0.500. The molecule has 0 unspecified atom stereocenters. The van der Waals surface area contributed by atoms with E-state index in [1.54, 1.807) is 6.92 Å². The highest BCUT2D eigenvalue weighted by Crippen LogP contribution is 1.91. The number of amides is 2. The van der Waals surface area contributed by atoms with E-state index in [2.05, 4.69) is 6.58 Å². The topological polar surface area (TPSA) is 37.4 Å². The maximum absolute atomic E-state index is 10.7. The van der Waals surface area contributed by atoms with Gasteiger partial charge in [0.05, 0.1) is 0 Å². The van der Waals surface area contributed by atoms with E-state index in [-0.39, 0.29) is 5.91 Å². The monoisotopic (exact) mass is 157 g/mol. The Bertz CT molecular complexity index is 152. The van der Waals surface area contributed by atoms with E-state index in [0.717, 1.165) is 4.90 Å². The Morgan fingerprint density at radius 1 is 1.45 bits per heavy atom. The van der Waals surface area contributed by atoms with Crippen LogP contribution >= 0.6 is 0 Å². The van der Waals surface area contributed by atoms with Crippen molar-refractivity contribution in [1.82, 2.24) is 4.90 Å². The van der Waals surface area contributed by atoms with Gasteiger partial charge in [0.2, 0.25) is 6.41 Å². The molecule has 0 radical (unpaired) electrons. The number of rotatable bonds is 2. The van der Waals surface area contributed by atoms with Gasteiger partial charge in [0.15, 0.2) is 0 Å². The first-order valence-electron chi connectivity index (χ1n) is 3.47. The summed E-state index contributed by atoms with van der Waals surface area (Å²) >= 11 is 0. The lowest BCUT2D eigenvalue weighted by Crippen LogP contribution is -2.24. The lowest BCUT2D eigenvalue weighted by atomic mass is 10.3. The van der Waals surface area contributed by atoms with Crippen LogP contribution in [0.5, 0.6) is 0 Å². The van der Waals surface area contributed by atoms with Gasteiger partial charge in [-0.3, -0.25) is 14.5 Å². The summed E-state index contributed by atoms with van der Waals surface area (Å²) in [5.74, 6) is -0.343. The first kappa shape index (κ1) is 12.5. The third kappa shape index (κ3) is 5.33. The molecule has 0 aromatic carbocycles. The molecule has 0 saturated carbocycles. The van der Waals surface area contributed by atoms with E-state index in [1.165, 1.54) is 7.05 Å². The quantitative estimate of drug-likeness (QED) is 0.446. The fourth-order valence-electron chi connectivity index (χ4n) is 0.349. The Hall–Kier alpha value is -1.12. The van der Waals surface area contributed by atoms with Gasteiger partial charge in [0, 0.05) is 12.6 Å². The smallest absolute Gasteiger partial charge is 0.255 e. The van der Waals surface area contributed by atoms with Crippen molar-refractivity contribution < 1.29 is 9.59 Å². The van der Waals surface area contributed by atoms with Crippen LogP contribution in [0.15, 0.2) is 12.2 Å². The zero-order valence-corrected chi connectivity index (χ0v) is 7.55. The maximum Gasteiger partial charge on any atom is 0.255 e. The zero-order valence-electron chi connectivity index (χ0n) is 7.55. The van der Waals surface area contributed by atoms with Crippen LogP contribution in [-0.2, 0) is 9.59 Å². The van der Waals surface area contributed by atoms with Gasteiger partial charge in [-0.15, -0.1) is 0 Å². The first-order chi connectivity index (χ1) is 5.09. The van der Waals surface area contributed by atoms with Gasteiger partial charge in [-0.25, -0.2) is 0 Å². The predicted molar refractivity (Wildman–Crippen MR) is 45.0 cm³/mol. The number of hydrogen-bond acceptors (Lipinski definition) is 2. The SMILES string of the molecule is C=C(C)C(=O)N(C)C=O.CC. The van der Waals surface area contributed by atoms with Gasteiger partial charge < -0.3 is 0 Å². The molecule has 0 aromatic heterocycles. The largest absolute Gasteiger partial charge is 0.285 e. The van der Waals surface area contributed by atoms with E-state index >= 15 is 0 Å². The summed E-state index contributed by atoms with van der Waals surface area (Å²) in [5.41, 5.74) is 0.365. The van der Waals surface area contributed by atoms with Crippen LogP contribution in [0.2, 0.25) is 0 Å². The van der Waals surface area contributed by atoms with Crippen molar-refractivity contribution in [2.24, 2.45) is 0 Å². The Labute approximate surface area is 67.7 Å². The Kier molecular flexibility index (Phi) is 7.98. The molecule has 0 spiro atoms. The summed E-state index contributed by atoms with van der Waals surface area (Å²) in [6.45, 7) is 8.93. The molecule has 0 saturated heterocycles. The van der Waals surface area contributed by atoms with Crippen LogP contribution in [0.25, 0.3) is 0 Å². The number of imide groups is 1. The number of hydrogen-bond donors (Lipinski definition) is 0. The molecule has 0 N–H and O–H groups in total. The molecule has 0 aliphatic carbocycles. The molecule has 3 nitrogen and oxygen atoms in total. The Morgan fingerprint density at radius 3 is 1.91 bits per heavy atom. The molecule has 0 rings (SSSR count). The standard InChI is InChI=1S/C6H9NO2.C2H6/c1-5(2)6(9)7(3)4-8;1-2/h4H,1H2,2-3H3;1-2H3. The predicted octanol–water partition coefficient (Wildman–Crippen LogP) is 1.20. The summed E-state index contributed by atoms with van der Waals surface area (Å²) < 4.78 is 0. The van der Waals surface area contributed by atoms with Gasteiger partial charge >= 0.3 is 0 Å². The van der Waals surface area contributed by atoms with Crippen molar-refractivity contribution in [1.29, 1.82) is 0 Å². The Morgan fingerprint density at radius 2 is 1.82 bits per heavy atom. The summed E-state index contributed by atoms with van der Waals surface area (Å²) in [6.07, 6.45) is 0.455. The Balaban J connectivity index is 0. The molecule has 2 amide bonds.